The first-order valence-corrected chi connectivity index (χ1v) is 4.55. The van der Waals surface area contributed by atoms with E-state index in [1.807, 2.05) is 13.8 Å². The fourth-order valence-electron chi connectivity index (χ4n) is 0.749. The van der Waals surface area contributed by atoms with Crippen molar-refractivity contribution in [3.05, 3.63) is 11.3 Å². The smallest absolute Gasteiger partial charge is 0.257 e. The maximum Gasteiger partial charge on any atom is 0.257 e. The summed E-state index contributed by atoms with van der Waals surface area (Å²) in [6.07, 6.45) is 0. The van der Waals surface area contributed by atoms with Crippen LogP contribution in [0.4, 0.5) is 0 Å². The van der Waals surface area contributed by atoms with E-state index in [0.29, 0.717) is 17.8 Å². The van der Waals surface area contributed by atoms with Gasteiger partial charge in [-0.2, -0.15) is 0 Å². The van der Waals surface area contributed by atoms with Crippen molar-refractivity contribution in [2.24, 2.45) is 0 Å². The Hall–Kier alpha value is -0.510. The zero-order valence-electron chi connectivity index (χ0n) is 6.56. The number of hydrogen-bond donors (Lipinski definition) is 0. The van der Waals surface area contributed by atoms with Gasteiger partial charge in [0, 0.05) is 0 Å². The molecule has 0 fully saturated rings. The van der Waals surface area contributed by atoms with Crippen LogP contribution >= 0.6 is 15.9 Å². The molecule has 0 unspecified atom stereocenters. The summed E-state index contributed by atoms with van der Waals surface area (Å²) in [6.45, 7) is 4.47. The zero-order valence-corrected chi connectivity index (χ0v) is 8.14. The Bertz CT molecular complexity index is 234. The zero-order chi connectivity index (χ0) is 8.27. The van der Waals surface area contributed by atoms with Gasteiger partial charge in [-0.3, -0.25) is 0 Å². The largest absolute Gasteiger partial charge is 0.476 e. The van der Waals surface area contributed by atoms with Crippen LogP contribution < -0.4 is 4.74 Å². The van der Waals surface area contributed by atoms with Crippen LogP contribution in [0.2, 0.25) is 0 Å². The van der Waals surface area contributed by atoms with Crippen molar-refractivity contribution < 1.29 is 9.26 Å². The summed E-state index contributed by atoms with van der Waals surface area (Å²) in [4.78, 5) is 0. The summed E-state index contributed by atoms with van der Waals surface area (Å²) in [5.41, 5.74) is 0.976. The predicted molar refractivity (Wildman–Crippen MR) is 45.0 cm³/mol. The molecule has 62 valence electrons. The third-order valence-electron chi connectivity index (χ3n) is 1.38. The molecule has 1 aromatic heterocycles. The maximum atomic E-state index is 5.19. The Kier molecular flexibility index (Phi) is 2.93. The van der Waals surface area contributed by atoms with Crippen LogP contribution in [0, 0.1) is 6.92 Å². The van der Waals surface area contributed by atoms with E-state index < -0.39 is 0 Å². The molecule has 0 spiro atoms. The highest BCUT2D eigenvalue weighted by molar-refractivity contribution is 9.08. The lowest BCUT2D eigenvalue weighted by atomic mass is 10.3. The van der Waals surface area contributed by atoms with Crippen molar-refractivity contribution in [2.45, 2.75) is 19.2 Å². The molecule has 4 heteroatoms. The second-order valence-corrected chi connectivity index (χ2v) is 2.66. The quantitative estimate of drug-likeness (QED) is 0.733. The lowest BCUT2D eigenvalue weighted by Gasteiger charge is -1.95. The van der Waals surface area contributed by atoms with E-state index in [-0.39, 0.29) is 0 Å². The Morgan fingerprint density at radius 2 is 2.36 bits per heavy atom. The van der Waals surface area contributed by atoms with Gasteiger partial charge >= 0.3 is 0 Å². The van der Waals surface area contributed by atoms with Gasteiger partial charge in [0.25, 0.3) is 5.88 Å². The van der Waals surface area contributed by atoms with Crippen molar-refractivity contribution in [3.63, 3.8) is 0 Å². The molecule has 0 radical (unpaired) electrons. The van der Waals surface area contributed by atoms with Crippen LogP contribution in [0.25, 0.3) is 0 Å². The molecule has 0 saturated heterocycles. The molecular formula is C7H10BrNO2. The van der Waals surface area contributed by atoms with Crippen molar-refractivity contribution in [1.29, 1.82) is 0 Å². The van der Waals surface area contributed by atoms with Gasteiger partial charge in [-0.1, -0.05) is 15.9 Å². The molecule has 0 amide bonds. The van der Waals surface area contributed by atoms with Crippen molar-refractivity contribution in [3.8, 4) is 5.88 Å². The van der Waals surface area contributed by atoms with Crippen LogP contribution in [-0.2, 0) is 5.33 Å². The minimum Gasteiger partial charge on any atom is -0.476 e. The fourth-order valence-corrected chi connectivity index (χ4v) is 1.27. The van der Waals surface area contributed by atoms with Crippen LogP contribution in [0.15, 0.2) is 4.52 Å². The molecule has 0 aliphatic heterocycles. The van der Waals surface area contributed by atoms with Gasteiger partial charge in [0.15, 0.2) is 5.76 Å². The first kappa shape index (κ1) is 8.59. The monoisotopic (exact) mass is 219 g/mol. The summed E-state index contributed by atoms with van der Waals surface area (Å²) >= 11 is 3.28. The molecule has 0 N–H and O–H groups in total. The van der Waals surface area contributed by atoms with Crippen molar-refractivity contribution >= 4 is 15.9 Å². The SMILES string of the molecule is CCOc1noc(CBr)c1C. The normalized spacial score (nSPS) is 10.1. The van der Waals surface area contributed by atoms with Crippen LogP contribution in [0.3, 0.4) is 0 Å². The second-order valence-electron chi connectivity index (χ2n) is 2.10. The number of rotatable bonds is 3. The van der Waals surface area contributed by atoms with Crippen molar-refractivity contribution in [1.82, 2.24) is 5.16 Å². The molecule has 3 nitrogen and oxygen atoms in total. The molecule has 0 aliphatic rings. The standard InChI is InChI=1S/C7H10BrNO2/c1-3-10-7-5(2)6(4-8)11-9-7/h3-4H2,1-2H3. The molecule has 1 rings (SSSR count). The van der Waals surface area contributed by atoms with E-state index in [9.17, 15) is 0 Å². The fraction of sp³-hybridized carbons (Fsp3) is 0.571. The van der Waals surface area contributed by atoms with Gasteiger partial charge in [-0.25, -0.2) is 0 Å². The van der Waals surface area contributed by atoms with Gasteiger partial charge in [0.05, 0.1) is 17.5 Å². The minimum absolute atomic E-state index is 0.599. The van der Waals surface area contributed by atoms with E-state index >= 15 is 0 Å². The topological polar surface area (TPSA) is 35.3 Å². The van der Waals surface area contributed by atoms with Gasteiger partial charge in [0.1, 0.15) is 0 Å². The number of halogens is 1. The lowest BCUT2D eigenvalue weighted by Crippen LogP contribution is -1.92. The maximum absolute atomic E-state index is 5.19. The highest BCUT2D eigenvalue weighted by atomic mass is 79.9. The number of ether oxygens (including phenoxy) is 1. The molecule has 0 bridgehead atoms. The minimum atomic E-state index is 0.599. The van der Waals surface area contributed by atoms with E-state index in [1.165, 1.54) is 0 Å². The van der Waals surface area contributed by atoms with Crippen LogP contribution in [-0.4, -0.2) is 11.8 Å². The average Bonchev–Trinajstić information content (AvgIpc) is 2.34. The predicted octanol–water partition coefficient (Wildman–Crippen LogP) is 2.28. The van der Waals surface area contributed by atoms with Gasteiger partial charge in [-0.15, -0.1) is 0 Å². The molecule has 1 aromatic rings. The van der Waals surface area contributed by atoms with E-state index in [1.54, 1.807) is 0 Å². The molecule has 0 atom stereocenters. The summed E-state index contributed by atoms with van der Waals surface area (Å²) < 4.78 is 10.2. The van der Waals surface area contributed by atoms with Gasteiger partial charge in [0.2, 0.25) is 0 Å². The summed E-state index contributed by atoms with van der Waals surface area (Å²) in [7, 11) is 0. The third kappa shape index (κ3) is 1.74. The van der Waals surface area contributed by atoms with E-state index in [2.05, 4.69) is 21.1 Å². The number of aromatic nitrogens is 1. The average molecular weight is 220 g/mol. The molecule has 1 heterocycles. The Morgan fingerprint density at radius 1 is 1.64 bits per heavy atom. The summed E-state index contributed by atoms with van der Waals surface area (Å²) in [5.74, 6) is 1.43. The Balaban J connectivity index is 2.82. The number of nitrogens with zero attached hydrogens (tertiary/aromatic N) is 1. The van der Waals surface area contributed by atoms with E-state index in [4.69, 9.17) is 9.26 Å². The Morgan fingerprint density at radius 3 is 2.82 bits per heavy atom. The first-order chi connectivity index (χ1) is 5.29. The highest BCUT2D eigenvalue weighted by Gasteiger charge is 2.10. The third-order valence-corrected chi connectivity index (χ3v) is 1.89. The van der Waals surface area contributed by atoms with Gasteiger partial charge in [-0.05, 0) is 19.0 Å². The highest BCUT2D eigenvalue weighted by Crippen LogP contribution is 2.21. The summed E-state index contributed by atoms with van der Waals surface area (Å²) in [6, 6.07) is 0. The lowest BCUT2D eigenvalue weighted by molar-refractivity contribution is 0.290. The Labute approximate surface area is 73.8 Å². The molecule has 11 heavy (non-hydrogen) atoms. The molecule has 0 aliphatic carbocycles. The number of hydrogen-bond acceptors (Lipinski definition) is 3. The van der Waals surface area contributed by atoms with Gasteiger partial charge < -0.3 is 9.26 Å². The van der Waals surface area contributed by atoms with Crippen molar-refractivity contribution in [2.75, 3.05) is 6.61 Å². The second kappa shape index (κ2) is 3.76. The molecule has 0 aromatic carbocycles. The van der Waals surface area contributed by atoms with Crippen LogP contribution in [0.5, 0.6) is 5.88 Å². The molecular weight excluding hydrogens is 210 g/mol. The first-order valence-electron chi connectivity index (χ1n) is 3.43. The van der Waals surface area contributed by atoms with Crippen LogP contribution in [0.1, 0.15) is 18.2 Å². The molecule has 0 saturated carbocycles. The number of alkyl halides is 1. The van der Waals surface area contributed by atoms with E-state index in [0.717, 1.165) is 11.3 Å². The summed E-state index contributed by atoms with van der Waals surface area (Å²) in [5, 5.41) is 4.43.